The van der Waals surface area contributed by atoms with Gasteiger partial charge in [0.05, 0.1) is 6.61 Å². The van der Waals surface area contributed by atoms with E-state index in [1.165, 1.54) is 0 Å². The van der Waals surface area contributed by atoms with Crippen LogP contribution in [0.1, 0.15) is 19.8 Å². The molecule has 0 unspecified atom stereocenters. The second-order valence-corrected chi connectivity index (χ2v) is 6.14. The molecule has 1 amide bonds. The number of carbonyl (C=O) groups is 1. The molecule has 0 aliphatic heterocycles. The third kappa shape index (κ3) is 8.34. The molecule has 0 saturated heterocycles. The van der Waals surface area contributed by atoms with Crippen molar-refractivity contribution in [3.8, 4) is 11.5 Å². The maximum Gasteiger partial charge on any atom is 0.257 e. The van der Waals surface area contributed by atoms with Gasteiger partial charge < -0.3 is 14.8 Å². The van der Waals surface area contributed by atoms with Gasteiger partial charge in [-0.25, -0.2) is 0 Å². The third-order valence-electron chi connectivity index (χ3n) is 2.60. The standard InChI is InChI=1S/C15H23NO4S/c1-3-10-19-13-5-7-14(8-6-13)20-12-15(17)16-9-4-11-21(2)18/h5-8H,3-4,9-12H2,1-2H3,(H,16,17)/t21-/m1/s1. The van der Waals surface area contributed by atoms with Crippen molar-refractivity contribution in [1.29, 1.82) is 0 Å². The van der Waals surface area contributed by atoms with Gasteiger partial charge in [-0.3, -0.25) is 9.00 Å². The minimum absolute atomic E-state index is 0.0234. The molecule has 5 nitrogen and oxygen atoms in total. The molecule has 1 rings (SSSR count). The van der Waals surface area contributed by atoms with E-state index in [9.17, 15) is 9.00 Å². The van der Waals surface area contributed by atoms with E-state index >= 15 is 0 Å². The second kappa shape index (κ2) is 10.2. The number of hydrogen-bond donors (Lipinski definition) is 1. The van der Waals surface area contributed by atoms with Crippen LogP contribution in [-0.4, -0.2) is 41.9 Å². The van der Waals surface area contributed by atoms with E-state index in [0.717, 1.165) is 12.2 Å². The average molecular weight is 313 g/mol. The van der Waals surface area contributed by atoms with E-state index in [1.807, 2.05) is 19.1 Å². The highest BCUT2D eigenvalue weighted by Crippen LogP contribution is 2.17. The lowest BCUT2D eigenvalue weighted by atomic mass is 10.3. The van der Waals surface area contributed by atoms with E-state index in [-0.39, 0.29) is 12.5 Å². The summed E-state index contributed by atoms with van der Waals surface area (Å²) in [6.45, 7) is 3.23. The molecule has 0 aromatic heterocycles. The van der Waals surface area contributed by atoms with Crippen molar-refractivity contribution in [2.75, 3.05) is 31.8 Å². The highest BCUT2D eigenvalue weighted by Gasteiger charge is 2.03. The summed E-state index contributed by atoms with van der Waals surface area (Å²) in [7, 11) is -0.813. The summed E-state index contributed by atoms with van der Waals surface area (Å²) >= 11 is 0. The molecule has 1 atom stereocenters. The van der Waals surface area contributed by atoms with Crippen LogP contribution in [-0.2, 0) is 15.6 Å². The molecule has 0 heterocycles. The van der Waals surface area contributed by atoms with Gasteiger partial charge in [0.1, 0.15) is 11.5 Å². The molecule has 1 aromatic rings. The van der Waals surface area contributed by atoms with Gasteiger partial charge in [0.15, 0.2) is 6.61 Å². The van der Waals surface area contributed by atoms with Crippen LogP contribution in [0.25, 0.3) is 0 Å². The summed E-state index contributed by atoms with van der Waals surface area (Å²) in [5.41, 5.74) is 0. The first-order valence-electron chi connectivity index (χ1n) is 7.04. The molecular weight excluding hydrogens is 290 g/mol. The van der Waals surface area contributed by atoms with E-state index < -0.39 is 10.8 Å². The van der Waals surface area contributed by atoms with E-state index in [0.29, 0.717) is 31.1 Å². The molecule has 0 radical (unpaired) electrons. The largest absolute Gasteiger partial charge is 0.494 e. The summed E-state index contributed by atoms with van der Waals surface area (Å²) in [6, 6.07) is 7.19. The summed E-state index contributed by atoms with van der Waals surface area (Å²) < 4.78 is 21.7. The fraction of sp³-hybridized carbons (Fsp3) is 0.533. The zero-order valence-electron chi connectivity index (χ0n) is 12.6. The minimum atomic E-state index is -0.813. The van der Waals surface area contributed by atoms with Crippen LogP contribution in [0.15, 0.2) is 24.3 Å². The smallest absolute Gasteiger partial charge is 0.257 e. The summed E-state index contributed by atoms with van der Waals surface area (Å²) in [6.07, 6.45) is 3.32. The number of carbonyl (C=O) groups excluding carboxylic acids is 1. The van der Waals surface area contributed by atoms with E-state index in [2.05, 4.69) is 5.32 Å². The van der Waals surface area contributed by atoms with Crippen LogP contribution in [0.5, 0.6) is 11.5 Å². The highest BCUT2D eigenvalue weighted by atomic mass is 32.2. The molecule has 0 aliphatic rings. The molecule has 0 fully saturated rings. The van der Waals surface area contributed by atoms with Crippen LogP contribution in [0.4, 0.5) is 0 Å². The van der Waals surface area contributed by atoms with Gasteiger partial charge in [-0.2, -0.15) is 0 Å². The Morgan fingerprint density at radius 1 is 1.19 bits per heavy atom. The zero-order valence-corrected chi connectivity index (χ0v) is 13.4. The number of benzene rings is 1. The summed E-state index contributed by atoms with van der Waals surface area (Å²) in [5, 5.41) is 2.72. The third-order valence-corrected chi connectivity index (χ3v) is 3.46. The van der Waals surface area contributed by atoms with E-state index in [1.54, 1.807) is 18.4 Å². The fourth-order valence-corrected chi connectivity index (χ4v) is 2.11. The number of ether oxygens (including phenoxy) is 2. The van der Waals surface area contributed by atoms with Crippen molar-refractivity contribution in [2.45, 2.75) is 19.8 Å². The second-order valence-electron chi connectivity index (χ2n) is 4.59. The Morgan fingerprint density at radius 3 is 2.38 bits per heavy atom. The molecule has 1 aromatic carbocycles. The molecule has 0 aliphatic carbocycles. The summed E-state index contributed by atoms with van der Waals surface area (Å²) in [4.78, 5) is 11.5. The van der Waals surface area contributed by atoms with Crippen LogP contribution in [0.2, 0.25) is 0 Å². The maximum absolute atomic E-state index is 11.5. The van der Waals surface area contributed by atoms with E-state index in [4.69, 9.17) is 9.47 Å². The lowest BCUT2D eigenvalue weighted by molar-refractivity contribution is -0.123. The van der Waals surface area contributed by atoms with Crippen molar-refractivity contribution in [3.63, 3.8) is 0 Å². The molecule has 118 valence electrons. The minimum Gasteiger partial charge on any atom is -0.494 e. The Morgan fingerprint density at radius 2 is 1.81 bits per heavy atom. The Balaban J connectivity index is 2.21. The van der Waals surface area contributed by atoms with Crippen molar-refractivity contribution in [3.05, 3.63) is 24.3 Å². The first-order chi connectivity index (χ1) is 10.1. The Bertz CT molecular complexity index is 447. The maximum atomic E-state index is 11.5. The Labute approximate surface area is 128 Å². The van der Waals surface area contributed by atoms with Crippen LogP contribution in [0.3, 0.4) is 0 Å². The normalized spacial score (nSPS) is 11.7. The molecular formula is C15H23NO4S. The van der Waals surface area contributed by atoms with Gasteiger partial charge in [0.25, 0.3) is 5.91 Å². The molecule has 0 bridgehead atoms. The van der Waals surface area contributed by atoms with Gasteiger partial charge in [-0.05, 0) is 37.1 Å². The van der Waals surface area contributed by atoms with Gasteiger partial charge >= 0.3 is 0 Å². The number of amides is 1. The van der Waals surface area contributed by atoms with Crippen molar-refractivity contribution in [1.82, 2.24) is 5.32 Å². The van der Waals surface area contributed by atoms with Crippen LogP contribution in [0, 0.1) is 0 Å². The Hall–Kier alpha value is -1.56. The highest BCUT2D eigenvalue weighted by molar-refractivity contribution is 7.84. The van der Waals surface area contributed by atoms with Crippen LogP contribution >= 0.6 is 0 Å². The monoisotopic (exact) mass is 313 g/mol. The van der Waals surface area contributed by atoms with Crippen molar-refractivity contribution < 1.29 is 18.5 Å². The fourth-order valence-electron chi connectivity index (χ4n) is 1.56. The van der Waals surface area contributed by atoms with Gasteiger partial charge in [-0.15, -0.1) is 0 Å². The molecule has 0 spiro atoms. The van der Waals surface area contributed by atoms with Gasteiger partial charge in [0, 0.05) is 29.4 Å². The molecule has 6 heteroatoms. The first-order valence-corrected chi connectivity index (χ1v) is 8.77. The lowest BCUT2D eigenvalue weighted by Gasteiger charge is -2.08. The number of hydrogen-bond acceptors (Lipinski definition) is 4. The zero-order chi connectivity index (χ0) is 15.5. The predicted molar refractivity (Wildman–Crippen MR) is 84.3 cm³/mol. The lowest BCUT2D eigenvalue weighted by Crippen LogP contribution is -2.30. The van der Waals surface area contributed by atoms with Crippen molar-refractivity contribution in [2.24, 2.45) is 0 Å². The average Bonchev–Trinajstić information content (AvgIpc) is 2.48. The van der Waals surface area contributed by atoms with Crippen molar-refractivity contribution >= 4 is 16.7 Å². The number of rotatable bonds is 10. The molecule has 21 heavy (non-hydrogen) atoms. The first kappa shape index (κ1) is 17.5. The SMILES string of the molecule is CCCOc1ccc(OCC(=O)NCCC[S@@](C)=O)cc1. The topological polar surface area (TPSA) is 64.6 Å². The molecule has 1 N–H and O–H groups in total. The summed E-state index contributed by atoms with van der Waals surface area (Å²) in [5.74, 6) is 1.84. The molecule has 0 saturated carbocycles. The quantitative estimate of drug-likeness (QED) is 0.668. The number of nitrogens with one attached hydrogen (secondary N) is 1. The predicted octanol–water partition coefficient (Wildman–Crippen LogP) is 1.74. The van der Waals surface area contributed by atoms with Gasteiger partial charge in [0.2, 0.25) is 0 Å². The Kier molecular flexibility index (Phi) is 8.50. The van der Waals surface area contributed by atoms with Gasteiger partial charge in [-0.1, -0.05) is 6.92 Å². The van der Waals surface area contributed by atoms with Crippen LogP contribution < -0.4 is 14.8 Å².